The molecule has 0 bridgehead atoms. The van der Waals surface area contributed by atoms with Crippen LogP contribution < -0.4 is 10.3 Å². The molecule has 4 nitrogen and oxygen atoms in total. The van der Waals surface area contributed by atoms with Crippen LogP contribution in [0.2, 0.25) is 5.02 Å². The number of benzene rings is 1. The van der Waals surface area contributed by atoms with E-state index in [2.05, 4.69) is 4.98 Å². The van der Waals surface area contributed by atoms with Crippen LogP contribution in [0.3, 0.4) is 0 Å². The van der Waals surface area contributed by atoms with Crippen LogP contribution in [0.1, 0.15) is 5.56 Å². The first-order chi connectivity index (χ1) is 8.61. The Kier molecular flexibility index (Phi) is 4.23. The molecule has 2 aromatic rings. The molecular weight excluding hydrogens is 367 g/mol. The van der Waals surface area contributed by atoms with Crippen LogP contribution in [0.15, 0.2) is 35.5 Å². The molecule has 0 saturated heterocycles. The number of ether oxygens (including phenoxy) is 1. The van der Waals surface area contributed by atoms with Crippen molar-refractivity contribution in [2.24, 2.45) is 0 Å². The monoisotopic (exact) mass is 376 g/mol. The van der Waals surface area contributed by atoms with E-state index in [9.17, 15) is 4.79 Å². The molecule has 0 atom stereocenters. The molecule has 2 rings (SSSR count). The summed E-state index contributed by atoms with van der Waals surface area (Å²) in [6.45, 7) is 0.381. The Hall–Kier alpha value is -1.08. The van der Waals surface area contributed by atoms with E-state index in [1.807, 2.05) is 22.6 Å². The van der Waals surface area contributed by atoms with Crippen molar-refractivity contribution in [2.75, 3.05) is 7.11 Å². The number of halogens is 2. The minimum absolute atomic E-state index is 0.0763. The SMILES string of the molecule is COc1ccc(Cl)cc1Cn1cncc(I)c1=O. The van der Waals surface area contributed by atoms with E-state index in [1.54, 1.807) is 25.3 Å². The minimum atomic E-state index is -0.0763. The Morgan fingerprint density at radius 1 is 1.50 bits per heavy atom. The van der Waals surface area contributed by atoms with E-state index in [1.165, 1.54) is 17.1 Å². The van der Waals surface area contributed by atoms with Crippen molar-refractivity contribution in [1.29, 1.82) is 0 Å². The molecule has 0 spiro atoms. The number of hydrogen-bond donors (Lipinski definition) is 0. The molecule has 0 unspecified atom stereocenters. The fourth-order valence-corrected chi connectivity index (χ4v) is 2.26. The number of nitrogens with zero attached hydrogens (tertiary/aromatic N) is 2. The van der Waals surface area contributed by atoms with Gasteiger partial charge in [0.15, 0.2) is 0 Å². The van der Waals surface area contributed by atoms with Crippen molar-refractivity contribution in [1.82, 2.24) is 9.55 Å². The van der Waals surface area contributed by atoms with Gasteiger partial charge in [0.2, 0.25) is 0 Å². The van der Waals surface area contributed by atoms with E-state index >= 15 is 0 Å². The maximum absolute atomic E-state index is 11.9. The molecule has 0 aliphatic heterocycles. The normalized spacial score (nSPS) is 10.4. The average Bonchev–Trinajstić information content (AvgIpc) is 2.35. The molecule has 0 fully saturated rings. The molecule has 0 N–H and O–H groups in total. The largest absolute Gasteiger partial charge is 0.496 e. The van der Waals surface area contributed by atoms with E-state index in [4.69, 9.17) is 16.3 Å². The van der Waals surface area contributed by atoms with Crippen LogP contribution in [-0.4, -0.2) is 16.7 Å². The molecule has 0 saturated carbocycles. The zero-order valence-electron chi connectivity index (χ0n) is 9.56. The lowest BCUT2D eigenvalue weighted by Gasteiger charge is -2.10. The lowest BCUT2D eigenvalue weighted by molar-refractivity contribution is 0.408. The molecular formula is C12H10ClIN2O2. The third-order valence-electron chi connectivity index (χ3n) is 2.44. The van der Waals surface area contributed by atoms with Crippen molar-refractivity contribution in [3.05, 3.63) is 55.2 Å². The molecule has 0 aliphatic rings. The standard InChI is InChI=1S/C12H10ClIN2O2/c1-18-11-3-2-9(13)4-8(11)6-16-7-15-5-10(14)12(16)17/h2-5,7H,6H2,1H3. The second kappa shape index (κ2) is 5.71. The molecule has 18 heavy (non-hydrogen) atoms. The molecule has 0 aliphatic carbocycles. The van der Waals surface area contributed by atoms with Gasteiger partial charge < -0.3 is 4.74 Å². The molecule has 1 aromatic heterocycles. The van der Waals surface area contributed by atoms with E-state index in [0.717, 1.165) is 5.56 Å². The highest BCUT2D eigenvalue weighted by Crippen LogP contribution is 2.23. The minimum Gasteiger partial charge on any atom is -0.496 e. The summed E-state index contributed by atoms with van der Waals surface area (Å²) >= 11 is 7.92. The van der Waals surface area contributed by atoms with Crippen molar-refractivity contribution in [3.63, 3.8) is 0 Å². The highest BCUT2D eigenvalue weighted by Gasteiger charge is 2.07. The van der Waals surface area contributed by atoms with Gasteiger partial charge in [0.25, 0.3) is 5.56 Å². The van der Waals surface area contributed by atoms with Gasteiger partial charge >= 0.3 is 0 Å². The van der Waals surface area contributed by atoms with Crippen LogP contribution in [-0.2, 0) is 6.54 Å². The van der Waals surface area contributed by atoms with Crippen LogP contribution in [0, 0.1) is 3.57 Å². The summed E-state index contributed by atoms with van der Waals surface area (Å²) in [4.78, 5) is 15.9. The van der Waals surface area contributed by atoms with Gasteiger partial charge in [0, 0.05) is 16.8 Å². The molecule has 94 valence electrons. The van der Waals surface area contributed by atoms with Gasteiger partial charge in [-0.3, -0.25) is 9.36 Å². The zero-order valence-corrected chi connectivity index (χ0v) is 12.5. The summed E-state index contributed by atoms with van der Waals surface area (Å²) in [6.07, 6.45) is 3.04. The fourth-order valence-electron chi connectivity index (χ4n) is 1.59. The summed E-state index contributed by atoms with van der Waals surface area (Å²) in [5, 5.41) is 0.609. The highest BCUT2D eigenvalue weighted by molar-refractivity contribution is 14.1. The lowest BCUT2D eigenvalue weighted by Crippen LogP contribution is -2.23. The van der Waals surface area contributed by atoms with Gasteiger partial charge in [-0.25, -0.2) is 4.98 Å². The Morgan fingerprint density at radius 2 is 2.28 bits per heavy atom. The highest BCUT2D eigenvalue weighted by atomic mass is 127. The zero-order chi connectivity index (χ0) is 13.1. The predicted molar refractivity (Wildman–Crippen MR) is 78.3 cm³/mol. The van der Waals surface area contributed by atoms with Gasteiger partial charge in [-0.1, -0.05) is 11.6 Å². The maximum Gasteiger partial charge on any atom is 0.267 e. The second-order valence-corrected chi connectivity index (χ2v) is 5.23. The Balaban J connectivity index is 2.42. The third kappa shape index (κ3) is 2.84. The van der Waals surface area contributed by atoms with E-state index in [0.29, 0.717) is 20.9 Å². The van der Waals surface area contributed by atoms with Crippen LogP contribution >= 0.6 is 34.2 Å². The summed E-state index contributed by atoms with van der Waals surface area (Å²) in [6, 6.07) is 5.32. The quantitative estimate of drug-likeness (QED) is 0.774. The number of aromatic nitrogens is 2. The van der Waals surface area contributed by atoms with Crippen molar-refractivity contribution < 1.29 is 4.74 Å². The number of rotatable bonds is 3. The topological polar surface area (TPSA) is 44.1 Å². The van der Waals surface area contributed by atoms with Crippen LogP contribution in [0.25, 0.3) is 0 Å². The molecule has 1 heterocycles. The van der Waals surface area contributed by atoms with Crippen molar-refractivity contribution in [3.8, 4) is 5.75 Å². The van der Waals surface area contributed by atoms with E-state index in [-0.39, 0.29) is 5.56 Å². The van der Waals surface area contributed by atoms with Gasteiger partial charge in [-0.2, -0.15) is 0 Å². The van der Waals surface area contributed by atoms with Gasteiger partial charge in [-0.15, -0.1) is 0 Å². The Morgan fingerprint density at radius 3 is 3.00 bits per heavy atom. The summed E-state index contributed by atoms with van der Waals surface area (Å²) in [5.74, 6) is 0.699. The fraction of sp³-hybridized carbons (Fsp3) is 0.167. The van der Waals surface area contributed by atoms with Crippen LogP contribution in [0.4, 0.5) is 0 Å². The number of hydrogen-bond acceptors (Lipinski definition) is 3. The molecule has 0 amide bonds. The van der Waals surface area contributed by atoms with E-state index < -0.39 is 0 Å². The maximum atomic E-state index is 11.9. The average molecular weight is 377 g/mol. The van der Waals surface area contributed by atoms with Crippen molar-refractivity contribution >= 4 is 34.2 Å². The first-order valence-corrected chi connectivity index (χ1v) is 6.60. The predicted octanol–water partition coefficient (Wildman–Crippen LogP) is 2.56. The van der Waals surface area contributed by atoms with Crippen LogP contribution in [0.5, 0.6) is 5.75 Å². The van der Waals surface area contributed by atoms with Gasteiger partial charge in [0.1, 0.15) is 5.75 Å². The number of methoxy groups -OCH3 is 1. The molecule has 1 aromatic carbocycles. The Bertz CT molecular complexity index is 628. The molecule has 0 radical (unpaired) electrons. The smallest absolute Gasteiger partial charge is 0.267 e. The van der Waals surface area contributed by atoms with Gasteiger partial charge in [0.05, 0.1) is 23.6 Å². The van der Waals surface area contributed by atoms with Crippen molar-refractivity contribution in [2.45, 2.75) is 6.54 Å². The lowest BCUT2D eigenvalue weighted by atomic mass is 10.2. The first kappa shape index (κ1) is 13.4. The summed E-state index contributed by atoms with van der Waals surface area (Å²) in [5.41, 5.74) is 0.767. The first-order valence-electron chi connectivity index (χ1n) is 5.14. The third-order valence-corrected chi connectivity index (χ3v) is 3.42. The summed E-state index contributed by atoms with van der Waals surface area (Å²) in [7, 11) is 1.59. The second-order valence-electron chi connectivity index (χ2n) is 3.63. The summed E-state index contributed by atoms with van der Waals surface area (Å²) < 4.78 is 7.35. The molecule has 6 heteroatoms. The Labute approximate surface area is 123 Å². The van der Waals surface area contributed by atoms with Gasteiger partial charge in [-0.05, 0) is 40.8 Å².